The number of hydrogen-bond acceptors (Lipinski definition) is 6. The van der Waals surface area contributed by atoms with E-state index in [1.54, 1.807) is 30.0 Å². The van der Waals surface area contributed by atoms with Gasteiger partial charge in [-0.05, 0) is 58.2 Å². The zero-order chi connectivity index (χ0) is 25.1. The quantitative estimate of drug-likeness (QED) is 0.422. The van der Waals surface area contributed by atoms with E-state index in [-0.39, 0.29) is 25.2 Å². The van der Waals surface area contributed by atoms with Gasteiger partial charge in [0.2, 0.25) is 0 Å². The number of allylic oxidation sites excluding steroid dienone is 1. The van der Waals surface area contributed by atoms with E-state index < -0.39 is 12.0 Å². The topological polar surface area (TPSA) is 106 Å². The molecule has 1 aliphatic heterocycles. The number of carbonyl (C=O) groups excluding carboxylic acids is 3. The Kier molecular flexibility index (Phi) is 10.7. The predicted octanol–water partition coefficient (Wildman–Crippen LogP) is 3.69. The number of esters is 1. The molecule has 188 valence electrons. The lowest BCUT2D eigenvalue weighted by molar-refractivity contribution is -0.139. The molecule has 2 rings (SSSR count). The van der Waals surface area contributed by atoms with Crippen molar-refractivity contribution in [3.05, 3.63) is 35.0 Å². The molecule has 1 aliphatic rings. The Balaban J connectivity index is 2.40. The van der Waals surface area contributed by atoms with Crippen molar-refractivity contribution < 1.29 is 28.6 Å². The first kappa shape index (κ1) is 27.0. The summed E-state index contributed by atoms with van der Waals surface area (Å²) in [6, 6.07) is 4.09. The summed E-state index contributed by atoms with van der Waals surface area (Å²) in [5.74, 6) is 0.252. The van der Waals surface area contributed by atoms with Crippen molar-refractivity contribution in [2.45, 2.75) is 59.9 Å². The molecule has 3 amide bonds. The third-order valence-electron chi connectivity index (χ3n) is 5.50. The van der Waals surface area contributed by atoms with Crippen molar-refractivity contribution >= 4 is 17.9 Å². The van der Waals surface area contributed by atoms with Gasteiger partial charge in [-0.1, -0.05) is 19.4 Å². The number of nitrogens with zero attached hydrogens (tertiary/aromatic N) is 1. The van der Waals surface area contributed by atoms with E-state index in [2.05, 4.69) is 10.6 Å². The van der Waals surface area contributed by atoms with Crippen LogP contribution in [0.2, 0.25) is 0 Å². The number of amides is 3. The standard InChI is InChI=1S/C25H37N3O6/c1-6-11-12-18-22(24(30)33-10-5)23(27-25(31)26-18)17-13-14-19(20(15-17)32-9-4)34-16-21(29)28(7-2)8-3/h13-15,23H,6-12,16H2,1-5H3,(H2,26,27,31). The lowest BCUT2D eigenvalue weighted by Gasteiger charge is -2.30. The fraction of sp³-hybridized carbons (Fsp3) is 0.560. The first-order valence-corrected chi connectivity index (χ1v) is 12.0. The summed E-state index contributed by atoms with van der Waals surface area (Å²) in [6.45, 7) is 11.2. The zero-order valence-corrected chi connectivity index (χ0v) is 20.9. The van der Waals surface area contributed by atoms with Crippen LogP contribution in [-0.4, -0.2) is 55.7 Å². The summed E-state index contributed by atoms with van der Waals surface area (Å²) >= 11 is 0. The Labute approximate surface area is 201 Å². The molecule has 0 aliphatic carbocycles. The van der Waals surface area contributed by atoms with Crippen molar-refractivity contribution in [1.82, 2.24) is 15.5 Å². The molecule has 1 unspecified atom stereocenters. The zero-order valence-electron chi connectivity index (χ0n) is 20.9. The minimum atomic E-state index is -0.704. The van der Waals surface area contributed by atoms with E-state index in [9.17, 15) is 14.4 Å². The van der Waals surface area contributed by atoms with Crippen LogP contribution in [0.15, 0.2) is 29.5 Å². The van der Waals surface area contributed by atoms with Crippen LogP contribution in [-0.2, 0) is 14.3 Å². The highest BCUT2D eigenvalue weighted by Gasteiger charge is 2.34. The predicted molar refractivity (Wildman–Crippen MR) is 129 cm³/mol. The monoisotopic (exact) mass is 475 g/mol. The van der Waals surface area contributed by atoms with Gasteiger partial charge in [-0.15, -0.1) is 0 Å². The highest BCUT2D eigenvalue weighted by atomic mass is 16.5. The molecule has 9 nitrogen and oxygen atoms in total. The highest BCUT2D eigenvalue weighted by molar-refractivity contribution is 5.95. The van der Waals surface area contributed by atoms with Crippen molar-refractivity contribution in [3.8, 4) is 11.5 Å². The first-order chi connectivity index (χ1) is 16.4. The number of nitrogens with one attached hydrogen (secondary N) is 2. The second-order valence-corrected chi connectivity index (χ2v) is 7.74. The van der Waals surface area contributed by atoms with Gasteiger partial charge in [0.15, 0.2) is 18.1 Å². The summed E-state index contributed by atoms with van der Waals surface area (Å²) in [4.78, 5) is 39.3. The fourth-order valence-electron chi connectivity index (χ4n) is 3.77. The molecule has 0 saturated heterocycles. The smallest absolute Gasteiger partial charge is 0.338 e. The van der Waals surface area contributed by atoms with Crippen molar-refractivity contribution in [2.75, 3.05) is 32.9 Å². The van der Waals surface area contributed by atoms with Crippen LogP contribution in [0.3, 0.4) is 0 Å². The van der Waals surface area contributed by atoms with Gasteiger partial charge in [0.05, 0.1) is 24.8 Å². The van der Waals surface area contributed by atoms with Gasteiger partial charge in [-0.2, -0.15) is 0 Å². The van der Waals surface area contributed by atoms with Gasteiger partial charge in [0, 0.05) is 18.8 Å². The van der Waals surface area contributed by atoms with E-state index in [0.29, 0.717) is 54.4 Å². The number of likely N-dealkylation sites (N-methyl/N-ethyl adjacent to an activating group) is 1. The van der Waals surface area contributed by atoms with Crippen LogP contribution in [0.5, 0.6) is 11.5 Å². The average molecular weight is 476 g/mol. The maximum atomic E-state index is 12.9. The summed E-state index contributed by atoms with van der Waals surface area (Å²) in [5, 5.41) is 5.61. The first-order valence-electron chi connectivity index (χ1n) is 12.0. The molecule has 0 spiro atoms. The molecule has 1 heterocycles. The van der Waals surface area contributed by atoms with Gasteiger partial charge in [-0.3, -0.25) is 4.79 Å². The molecule has 9 heteroatoms. The summed E-state index contributed by atoms with van der Waals surface area (Å²) in [6.07, 6.45) is 2.30. The lowest BCUT2D eigenvalue weighted by Crippen LogP contribution is -2.46. The van der Waals surface area contributed by atoms with Crippen LogP contribution in [0.4, 0.5) is 4.79 Å². The largest absolute Gasteiger partial charge is 0.490 e. The maximum absolute atomic E-state index is 12.9. The molecule has 1 aromatic rings. The molecule has 0 bridgehead atoms. The average Bonchev–Trinajstić information content (AvgIpc) is 2.82. The van der Waals surface area contributed by atoms with Crippen LogP contribution >= 0.6 is 0 Å². The summed E-state index contributed by atoms with van der Waals surface area (Å²) in [5.41, 5.74) is 1.60. The number of unbranched alkanes of at least 4 members (excludes halogenated alkanes) is 1. The highest BCUT2D eigenvalue weighted by Crippen LogP contribution is 2.35. The Morgan fingerprint density at radius 2 is 1.74 bits per heavy atom. The molecular weight excluding hydrogens is 438 g/mol. The number of benzene rings is 1. The van der Waals surface area contributed by atoms with Gasteiger partial charge < -0.3 is 29.7 Å². The number of rotatable bonds is 13. The Hall–Kier alpha value is -3.23. The fourth-order valence-corrected chi connectivity index (χ4v) is 3.77. The normalized spacial score (nSPS) is 15.3. The molecule has 0 radical (unpaired) electrons. The molecular formula is C25H37N3O6. The molecule has 1 atom stereocenters. The second kappa shape index (κ2) is 13.5. The van der Waals surface area contributed by atoms with Gasteiger partial charge in [-0.25, -0.2) is 9.59 Å². The van der Waals surface area contributed by atoms with Gasteiger partial charge in [0.1, 0.15) is 0 Å². The minimum absolute atomic E-state index is 0.111. The number of carbonyl (C=O) groups is 3. The van der Waals surface area contributed by atoms with E-state index in [1.807, 2.05) is 27.7 Å². The molecule has 34 heavy (non-hydrogen) atoms. The van der Waals surface area contributed by atoms with E-state index in [0.717, 1.165) is 12.8 Å². The lowest BCUT2D eigenvalue weighted by atomic mass is 9.93. The van der Waals surface area contributed by atoms with E-state index in [4.69, 9.17) is 14.2 Å². The third kappa shape index (κ3) is 6.88. The Bertz CT molecular complexity index is 895. The maximum Gasteiger partial charge on any atom is 0.338 e. The van der Waals surface area contributed by atoms with Crippen molar-refractivity contribution in [3.63, 3.8) is 0 Å². The molecule has 0 aromatic heterocycles. The second-order valence-electron chi connectivity index (χ2n) is 7.74. The minimum Gasteiger partial charge on any atom is -0.490 e. The molecule has 1 aromatic carbocycles. The number of ether oxygens (including phenoxy) is 3. The summed E-state index contributed by atoms with van der Waals surface area (Å²) < 4.78 is 16.8. The van der Waals surface area contributed by atoms with E-state index >= 15 is 0 Å². The molecule has 0 fully saturated rings. The van der Waals surface area contributed by atoms with Crippen LogP contribution in [0, 0.1) is 0 Å². The third-order valence-corrected chi connectivity index (χ3v) is 5.50. The van der Waals surface area contributed by atoms with Gasteiger partial charge >= 0.3 is 12.0 Å². The summed E-state index contributed by atoms with van der Waals surface area (Å²) in [7, 11) is 0. The number of urea groups is 1. The van der Waals surface area contributed by atoms with Crippen molar-refractivity contribution in [2.24, 2.45) is 0 Å². The SMILES string of the molecule is CCCCC1=C(C(=O)OCC)C(c2ccc(OCC(=O)N(CC)CC)c(OCC)c2)NC(=O)N1. The molecule has 0 saturated carbocycles. The van der Waals surface area contributed by atoms with Crippen LogP contribution in [0.1, 0.15) is 65.5 Å². The Morgan fingerprint density at radius 1 is 1.00 bits per heavy atom. The number of hydrogen-bond donors (Lipinski definition) is 2. The Morgan fingerprint density at radius 3 is 2.35 bits per heavy atom. The molecule has 2 N–H and O–H groups in total. The van der Waals surface area contributed by atoms with Gasteiger partial charge in [0.25, 0.3) is 5.91 Å². The van der Waals surface area contributed by atoms with Crippen LogP contribution in [0.25, 0.3) is 0 Å². The van der Waals surface area contributed by atoms with Crippen molar-refractivity contribution in [1.29, 1.82) is 0 Å². The van der Waals surface area contributed by atoms with E-state index in [1.165, 1.54) is 0 Å². The van der Waals surface area contributed by atoms with Crippen LogP contribution < -0.4 is 20.1 Å².